The summed E-state index contributed by atoms with van der Waals surface area (Å²) in [6.45, 7) is 8.16. The monoisotopic (exact) mass is 1050 g/mol. The first kappa shape index (κ1) is 54.6. The van der Waals surface area contributed by atoms with Crippen molar-refractivity contribution in [1.29, 1.82) is 0 Å². The third-order valence-corrected chi connectivity index (χ3v) is 11.0. The molecule has 0 saturated carbocycles. The molecule has 0 aliphatic carbocycles. The van der Waals surface area contributed by atoms with Crippen LogP contribution in [0, 0.1) is 26.6 Å². The number of nitrogens with two attached hydrogens (primary N) is 1. The summed E-state index contributed by atoms with van der Waals surface area (Å²) in [7, 11) is 0.501. The second kappa shape index (κ2) is 29.7. The summed E-state index contributed by atoms with van der Waals surface area (Å²) in [4.78, 5) is 21.6. The fourth-order valence-electron chi connectivity index (χ4n) is 6.14. The van der Waals surface area contributed by atoms with Crippen molar-refractivity contribution < 1.29 is 33.9 Å². The number of hydrogen-bond acceptors (Lipinski definition) is 7. The molecule has 0 aromatic heterocycles. The number of nitrogens with one attached hydrogen (secondary N) is 2. The third kappa shape index (κ3) is 20.0. The van der Waals surface area contributed by atoms with Crippen molar-refractivity contribution in [3.63, 3.8) is 0 Å². The predicted octanol–water partition coefficient (Wildman–Crippen LogP) is 13.7. The minimum atomic E-state index is -1.03. The zero-order valence-corrected chi connectivity index (χ0v) is 41.6. The Morgan fingerprint density at radius 3 is 1.46 bits per heavy atom. The minimum absolute atomic E-state index is 0.120. The van der Waals surface area contributed by atoms with E-state index >= 15 is 0 Å². The smallest absolute Gasteiger partial charge is 0.537 e. The van der Waals surface area contributed by atoms with Gasteiger partial charge in [-0.15, -0.1) is 0 Å². The zero-order chi connectivity index (χ0) is 50.0. The summed E-state index contributed by atoms with van der Waals surface area (Å²) in [6, 6.07) is 60.9. The molecule has 0 fully saturated rings. The van der Waals surface area contributed by atoms with Crippen molar-refractivity contribution in [2.45, 2.75) is 40.4 Å². The quantitative estimate of drug-likeness (QED) is 0.0656. The molecule has 1 radical (unpaired) electrons. The van der Waals surface area contributed by atoms with Crippen LogP contribution in [0.25, 0.3) is 11.1 Å². The Kier molecular flexibility index (Phi) is 23.5. The number of carboxylic acid groups (broad SMARTS) is 2. The minimum Gasteiger partial charge on any atom is -0.537 e. The van der Waals surface area contributed by atoms with E-state index in [2.05, 4.69) is 128 Å². The molecule has 353 valence electrons. The molecule has 9 nitrogen and oxygen atoms in total. The van der Waals surface area contributed by atoms with Gasteiger partial charge in [0, 0.05) is 40.0 Å². The Hall–Kier alpha value is -7.03. The zero-order valence-electron chi connectivity index (χ0n) is 38.5. The lowest BCUT2D eigenvalue weighted by atomic mass is 10.0. The highest BCUT2D eigenvalue weighted by Crippen LogP contribution is 2.27. The van der Waals surface area contributed by atoms with Crippen LogP contribution in [-0.2, 0) is 19.6 Å². The van der Waals surface area contributed by atoms with Gasteiger partial charge in [0.15, 0.2) is 0 Å². The lowest BCUT2D eigenvalue weighted by Gasteiger charge is -2.12. The molecule has 0 saturated heterocycles. The molecule has 0 aliphatic heterocycles. The number of carboxylic acids is 2. The maximum atomic E-state index is 12.5. The standard InChI is InChI=1S/C21H19NO2.C14H14BrN.C7H6BO4.C7H6BrF.C7H9N/c1-15-10-11-18(17-8-5-9-19(12-17)21(23)24)13-20(15)22-14-16-6-3-2-4-7-16;1-11-7-8-13(15)9-14(11)16-10-12-5-3-2-4-6-12;9-7(10)5-2-1-3-6(4-5)12-8-11;1-5-2-3-6(8)4-7(5)9;8-6-7-4-2-1-3-5-7/h2-13,22H,14H2,1H3,(H,23,24);2-9,16H,10H2,1H3;1-4,11H,(H,9,10);2-4H,1H3;1-5H,6,8H2. The molecule has 0 amide bonds. The lowest BCUT2D eigenvalue weighted by molar-refractivity contribution is 0.0686. The normalized spacial score (nSPS) is 9.86. The van der Waals surface area contributed by atoms with Gasteiger partial charge in [0.2, 0.25) is 0 Å². The van der Waals surface area contributed by atoms with Crippen molar-refractivity contribution in [3.05, 3.63) is 253 Å². The first-order valence-electron chi connectivity index (χ1n) is 21.6. The molecule has 7 N–H and O–H groups in total. The highest BCUT2D eigenvalue weighted by Gasteiger charge is 2.08. The van der Waals surface area contributed by atoms with Crippen molar-refractivity contribution in [2.24, 2.45) is 5.73 Å². The molecule has 0 spiro atoms. The van der Waals surface area contributed by atoms with Crippen LogP contribution < -0.4 is 21.0 Å². The highest BCUT2D eigenvalue weighted by molar-refractivity contribution is 9.10. The van der Waals surface area contributed by atoms with Crippen LogP contribution in [0.5, 0.6) is 5.75 Å². The van der Waals surface area contributed by atoms with Gasteiger partial charge in [0.25, 0.3) is 0 Å². The molecule has 69 heavy (non-hydrogen) atoms. The molecule has 8 aromatic rings. The van der Waals surface area contributed by atoms with E-state index in [0.717, 1.165) is 44.4 Å². The average Bonchev–Trinajstić information content (AvgIpc) is 3.37. The van der Waals surface area contributed by atoms with E-state index in [4.69, 9.17) is 21.0 Å². The molecule has 8 aromatic carbocycles. The summed E-state index contributed by atoms with van der Waals surface area (Å²) >= 11 is 6.64. The van der Waals surface area contributed by atoms with E-state index in [1.807, 2.05) is 72.8 Å². The highest BCUT2D eigenvalue weighted by atomic mass is 79.9. The molecule has 8 rings (SSSR count). The van der Waals surface area contributed by atoms with Crippen molar-refractivity contribution in [2.75, 3.05) is 10.6 Å². The van der Waals surface area contributed by atoms with Crippen molar-refractivity contribution >= 4 is 62.9 Å². The summed E-state index contributed by atoms with van der Waals surface area (Å²) in [5, 5.41) is 32.9. The average molecular weight is 1050 g/mol. The number of hydrogen-bond donors (Lipinski definition) is 6. The topological polar surface area (TPSA) is 154 Å². The molecule has 0 heterocycles. The summed E-state index contributed by atoms with van der Waals surface area (Å²) in [6.07, 6.45) is 0. The van der Waals surface area contributed by atoms with Crippen LogP contribution in [0.2, 0.25) is 0 Å². The lowest BCUT2D eigenvalue weighted by Crippen LogP contribution is -2.01. The van der Waals surface area contributed by atoms with E-state index in [0.29, 0.717) is 25.4 Å². The molecule has 13 heteroatoms. The molecular formula is C56H54BBr2FN3O6. The Bertz CT molecular complexity index is 2820. The van der Waals surface area contributed by atoms with Crippen LogP contribution in [0.3, 0.4) is 0 Å². The number of halogens is 3. The summed E-state index contributed by atoms with van der Waals surface area (Å²) < 4.78 is 19.0. The van der Waals surface area contributed by atoms with Crippen molar-refractivity contribution in [1.82, 2.24) is 0 Å². The van der Waals surface area contributed by atoms with Gasteiger partial charge < -0.3 is 36.3 Å². The largest absolute Gasteiger partial charge is 0.569 e. The summed E-state index contributed by atoms with van der Waals surface area (Å²) in [5.41, 5.74) is 16.7. The molecular weight excluding hydrogens is 1000 g/mol. The van der Waals surface area contributed by atoms with E-state index in [9.17, 15) is 14.0 Å². The van der Waals surface area contributed by atoms with Crippen LogP contribution in [0.15, 0.2) is 203 Å². The van der Waals surface area contributed by atoms with E-state index in [1.54, 1.807) is 37.3 Å². The van der Waals surface area contributed by atoms with Gasteiger partial charge in [-0.3, -0.25) is 0 Å². The van der Waals surface area contributed by atoms with Crippen LogP contribution in [0.1, 0.15) is 54.1 Å². The number of rotatable bonds is 12. The van der Waals surface area contributed by atoms with E-state index in [-0.39, 0.29) is 17.1 Å². The van der Waals surface area contributed by atoms with E-state index in [1.165, 1.54) is 52.2 Å². The SMILES string of the molecule is Cc1ccc(-c2cccc(C(=O)O)c2)cc1NCc1ccccc1.Cc1ccc(Br)cc1F.Cc1ccc(Br)cc1NCc1ccccc1.NCc1ccccc1.O=C(O)c1cccc(O[B]O)c1. The first-order valence-corrected chi connectivity index (χ1v) is 23.2. The van der Waals surface area contributed by atoms with Gasteiger partial charge in [-0.2, -0.15) is 0 Å². The van der Waals surface area contributed by atoms with Gasteiger partial charge in [-0.25, -0.2) is 14.0 Å². The maximum absolute atomic E-state index is 12.5. The van der Waals surface area contributed by atoms with Gasteiger partial charge in [0.1, 0.15) is 11.6 Å². The Morgan fingerprint density at radius 2 is 0.986 bits per heavy atom. The molecule has 0 bridgehead atoms. The Balaban J connectivity index is 0.000000200. The number of benzene rings is 8. The molecule has 0 unspecified atom stereocenters. The number of aromatic carboxylic acids is 2. The van der Waals surface area contributed by atoms with Crippen LogP contribution in [0.4, 0.5) is 15.8 Å². The second-order valence-electron chi connectivity index (χ2n) is 15.2. The maximum Gasteiger partial charge on any atom is 0.569 e. The third-order valence-electron chi connectivity index (χ3n) is 10.0. The predicted molar refractivity (Wildman–Crippen MR) is 285 cm³/mol. The van der Waals surface area contributed by atoms with Gasteiger partial charge >= 0.3 is 19.6 Å². The number of carbonyl (C=O) groups is 2. The number of anilines is 2. The van der Waals surface area contributed by atoms with Gasteiger partial charge in [-0.05, 0) is 126 Å². The Labute approximate surface area is 421 Å². The molecule has 0 aliphatic rings. The van der Waals surface area contributed by atoms with Gasteiger partial charge in [-0.1, -0.05) is 165 Å². The summed E-state index contributed by atoms with van der Waals surface area (Å²) in [5.74, 6) is -1.81. The van der Waals surface area contributed by atoms with Gasteiger partial charge in [0.05, 0.1) is 11.1 Å². The fourth-order valence-corrected chi connectivity index (χ4v) is 6.83. The second-order valence-corrected chi connectivity index (χ2v) is 17.0. The fraction of sp³-hybridized carbons (Fsp3) is 0.107. The van der Waals surface area contributed by atoms with Crippen molar-refractivity contribution in [3.8, 4) is 16.9 Å². The first-order chi connectivity index (χ1) is 33.3. The van der Waals surface area contributed by atoms with Crippen LogP contribution in [-0.4, -0.2) is 34.9 Å². The Morgan fingerprint density at radius 1 is 0.536 bits per heavy atom. The van der Waals surface area contributed by atoms with E-state index < -0.39 is 11.9 Å². The molecule has 0 atom stereocenters. The van der Waals surface area contributed by atoms with Crippen LogP contribution >= 0.6 is 31.9 Å². The number of aryl methyl sites for hydroxylation is 3.